The number of imide groups is 1. The average Bonchev–Trinajstić information content (AvgIpc) is 3.17. The predicted molar refractivity (Wildman–Crippen MR) is 159 cm³/mol. The van der Waals surface area contributed by atoms with E-state index < -0.39 is 65.0 Å². The number of carboxylic acid groups (broad SMARTS) is 3. The molecule has 15 heteroatoms. The number of carbonyl (C=O) groups excluding carboxylic acids is 2. The fourth-order valence-electron chi connectivity index (χ4n) is 5.64. The molecule has 0 saturated carbocycles. The molecule has 14 nitrogen and oxygen atoms in total. The lowest BCUT2D eigenvalue weighted by molar-refractivity contribution is -0.144. The summed E-state index contributed by atoms with van der Waals surface area (Å²) in [6.45, 7) is 5.68. The zero-order chi connectivity index (χ0) is 33.3. The van der Waals surface area contributed by atoms with E-state index in [0.717, 1.165) is 0 Å². The van der Waals surface area contributed by atoms with Crippen LogP contribution in [-0.2, 0) is 25.6 Å². The number of nitrogens with zero attached hydrogens (tertiary/aromatic N) is 2. The van der Waals surface area contributed by atoms with Crippen LogP contribution in [0.25, 0.3) is 0 Å². The third-order valence-electron chi connectivity index (χ3n) is 7.83. The first-order chi connectivity index (χ1) is 21.1. The van der Waals surface area contributed by atoms with Gasteiger partial charge in [0.1, 0.15) is 46.8 Å². The first kappa shape index (κ1) is 33.2. The van der Waals surface area contributed by atoms with Crippen LogP contribution in [0.15, 0.2) is 29.4 Å². The molecule has 3 N–H and O–H groups in total. The molecule has 0 aromatic heterocycles. The first-order valence-corrected chi connectivity index (χ1v) is 14.6. The molecule has 1 fully saturated rings. The largest absolute Gasteiger partial charge is 0.489 e. The number of carbonyl (C=O) groups is 5. The molecule has 4 rings (SSSR count). The highest BCUT2D eigenvalue weighted by molar-refractivity contribution is 8.16. The molecule has 3 atom stereocenters. The second-order valence-corrected chi connectivity index (χ2v) is 12.7. The topological polar surface area (TPSA) is 206 Å². The van der Waals surface area contributed by atoms with Crippen molar-refractivity contribution < 1.29 is 53.5 Å². The number of carboxylic acids is 3. The van der Waals surface area contributed by atoms with E-state index in [1.807, 2.05) is 0 Å². The van der Waals surface area contributed by atoms with Gasteiger partial charge >= 0.3 is 17.9 Å². The second-order valence-electron chi connectivity index (χ2n) is 11.3. The molecule has 2 amide bonds. The highest BCUT2D eigenvalue weighted by Crippen LogP contribution is 2.49. The minimum absolute atomic E-state index is 0.0164. The molecule has 3 unspecified atom stereocenters. The molecule has 2 aromatic rings. The van der Waals surface area contributed by atoms with Gasteiger partial charge in [0.15, 0.2) is 6.61 Å². The van der Waals surface area contributed by atoms with Crippen LogP contribution in [0.4, 0.5) is 4.79 Å². The smallest absolute Gasteiger partial charge is 0.341 e. The highest BCUT2D eigenvalue weighted by atomic mass is 32.2. The van der Waals surface area contributed by atoms with Crippen LogP contribution in [0.3, 0.4) is 0 Å². The van der Waals surface area contributed by atoms with E-state index in [4.69, 9.17) is 24.4 Å². The van der Waals surface area contributed by atoms with E-state index >= 15 is 0 Å². The van der Waals surface area contributed by atoms with Crippen molar-refractivity contribution in [2.45, 2.75) is 63.3 Å². The molecular weight excluding hydrogens is 612 g/mol. The maximum atomic E-state index is 13.0. The van der Waals surface area contributed by atoms with Crippen molar-refractivity contribution in [3.63, 3.8) is 0 Å². The molecule has 2 heterocycles. The Bertz CT molecular complexity index is 1580. The summed E-state index contributed by atoms with van der Waals surface area (Å²) in [5.74, 6) is -3.47. The number of aliphatic carboxylic acids is 3. The van der Waals surface area contributed by atoms with Gasteiger partial charge in [-0.2, -0.15) is 4.91 Å². The first-order valence-electron chi connectivity index (χ1n) is 13.8. The van der Waals surface area contributed by atoms with Crippen LogP contribution in [-0.4, -0.2) is 79.4 Å². The number of hydrogen-bond donors (Lipinski definition) is 3. The normalized spacial score (nSPS) is 22.4. The van der Waals surface area contributed by atoms with Gasteiger partial charge in [0.25, 0.3) is 5.24 Å². The van der Waals surface area contributed by atoms with Crippen LogP contribution in [0.1, 0.15) is 53.6 Å². The number of rotatable bonds is 13. The minimum atomic E-state index is -1.69. The predicted octanol–water partition coefficient (Wildman–Crippen LogP) is 4.04. The number of thioether (sulfide) groups is 1. The summed E-state index contributed by atoms with van der Waals surface area (Å²) in [5.41, 5.74) is 2.00. The van der Waals surface area contributed by atoms with Gasteiger partial charge in [-0.15, -0.1) is 0 Å². The van der Waals surface area contributed by atoms with E-state index in [2.05, 4.69) is 5.18 Å². The molecule has 45 heavy (non-hydrogen) atoms. The minimum Gasteiger partial charge on any atom is -0.489 e. The number of ether oxygens (including phenoxy) is 3. The quantitative estimate of drug-likeness (QED) is 0.264. The van der Waals surface area contributed by atoms with Crippen LogP contribution in [0.5, 0.6) is 17.2 Å². The van der Waals surface area contributed by atoms with Crippen LogP contribution < -0.4 is 14.2 Å². The summed E-state index contributed by atoms with van der Waals surface area (Å²) in [7, 11) is 0. The number of amides is 2. The Kier molecular flexibility index (Phi) is 9.42. The lowest BCUT2D eigenvalue weighted by Crippen LogP contribution is -2.44. The van der Waals surface area contributed by atoms with Crippen molar-refractivity contribution in [3.05, 3.63) is 57.0 Å². The van der Waals surface area contributed by atoms with Gasteiger partial charge in [-0.25, -0.2) is 4.79 Å². The summed E-state index contributed by atoms with van der Waals surface area (Å²) in [4.78, 5) is 71.8. The highest BCUT2D eigenvalue weighted by Gasteiger charge is 2.54. The van der Waals surface area contributed by atoms with Crippen LogP contribution in [0, 0.1) is 25.7 Å². The summed E-state index contributed by atoms with van der Waals surface area (Å²) >= 11 is 0.509. The Morgan fingerprint density at radius 2 is 1.67 bits per heavy atom. The monoisotopic (exact) mass is 644 g/mol. The zero-order valence-corrected chi connectivity index (χ0v) is 25.8. The molecule has 0 bridgehead atoms. The molecule has 0 spiro atoms. The Hall–Kier alpha value is -4.66. The zero-order valence-electron chi connectivity index (χ0n) is 24.9. The lowest BCUT2D eigenvalue weighted by atomic mass is 9.84. The van der Waals surface area contributed by atoms with E-state index in [-0.39, 0.29) is 19.4 Å². The number of nitroso groups, excluding NO2 is 1. The van der Waals surface area contributed by atoms with E-state index in [9.17, 15) is 34.0 Å². The molecular formula is C30H32N2O12S. The third kappa shape index (κ3) is 6.87. The molecule has 2 aliphatic rings. The Morgan fingerprint density at radius 1 is 1.00 bits per heavy atom. The van der Waals surface area contributed by atoms with E-state index in [0.29, 0.717) is 61.7 Å². The van der Waals surface area contributed by atoms with Crippen molar-refractivity contribution in [2.24, 2.45) is 5.18 Å². The summed E-state index contributed by atoms with van der Waals surface area (Å²) in [6.07, 6.45) is -0.641. The number of fused-ring (bicyclic) bond motifs is 1. The van der Waals surface area contributed by atoms with Crippen molar-refractivity contribution in [3.8, 4) is 17.2 Å². The standard InChI is InChI=1S/C30H32N2O12S/c1-15-16(2)26-24(17(3)25(15)42-13-23(37)38)20(31-41)10-29(4,44-26)14-43-19-7-5-18(6-8-19)9-30(11-21(33)34)27(39)32(12-22(35)36)28(40)45-30/h5-8,20H,9-14H2,1-4H3,(H,33,34)(H,35,36)(H,37,38). The summed E-state index contributed by atoms with van der Waals surface area (Å²) in [5, 5.41) is 30.1. The van der Waals surface area contributed by atoms with Crippen molar-refractivity contribution in [1.82, 2.24) is 4.90 Å². The van der Waals surface area contributed by atoms with E-state index in [1.165, 1.54) is 0 Å². The Balaban J connectivity index is 1.51. The SMILES string of the molecule is Cc1c(C)c2c(c(C)c1OCC(=O)O)C(N=O)CC(C)(COc1ccc(CC3(CC(=O)O)SC(=O)N(CC(=O)O)C3=O)cc1)O2. The third-order valence-corrected chi connectivity index (χ3v) is 9.08. The molecule has 1 saturated heterocycles. The fraction of sp³-hybridized carbons (Fsp3) is 0.433. The van der Waals surface area contributed by atoms with Gasteiger partial charge in [0, 0.05) is 17.5 Å². The maximum Gasteiger partial charge on any atom is 0.341 e. The maximum absolute atomic E-state index is 13.0. The van der Waals surface area contributed by atoms with Gasteiger partial charge in [-0.1, -0.05) is 17.3 Å². The summed E-state index contributed by atoms with van der Waals surface area (Å²) in [6, 6.07) is 5.62. The molecule has 0 radical (unpaired) electrons. The number of hydrogen-bond acceptors (Lipinski definition) is 11. The Morgan fingerprint density at radius 3 is 2.24 bits per heavy atom. The van der Waals surface area contributed by atoms with Gasteiger partial charge in [0.05, 0.1) is 6.42 Å². The van der Waals surface area contributed by atoms with E-state index in [1.54, 1.807) is 52.0 Å². The molecule has 0 aliphatic carbocycles. The molecule has 2 aliphatic heterocycles. The summed E-state index contributed by atoms with van der Waals surface area (Å²) < 4.78 is 16.2. The van der Waals surface area contributed by atoms with Gasteiger partial charge in [-0.05, 0) is 74.7 Å². The second kappa shape index (κ2) is 12.8. The van der Waals surface area contributed by atoms with Crippen LogP contribution >= 0.6 is 11.8 Å². The van der Waals surface area contributed by atoms with Gasteiger partial charge < -0.3 is 29.5 Å². The fourth-order valence-corrected chi connectivity index (χ4v) is 6.87. The number of benzene rings is 2. The van der Waals surface area contributed by atoms with Gasteiger partial charge in [-0.3, -0.25) is 24.1 Å². The van der Waals surface area contributed by atoms with Crippen molar-refractivity contribution in [2.75, 3.05) is 19.8 Å². The van der Waals surface area contributed by atoms with Gasteiger partial charge in [0.2, 0.25) is 5.91 Å². The van der Waals surface area contributed by atoms with Crippen LogP contribution in [0.2, 0.25) is 0 Å². The Labute approximate surface area is 261 Å². The molecule has 240 valence electrons. The lowest BCUT2D eigenvalue weighted by Gasteiger charge is -2.39. The van der Waals surface area contributed by atoms with Crippen molar-refractivity contribution in [1.29, 1.82) is 0 Å². The van der Waals surface area contributed by atoms with Crippen molar-refractivity contribution >= 4 is 40.8 Å². The molecule has 2 aromatic carbocycles. The average molecular weight is 645 g/mol.